The highest BCUT2D eigenvalue weighted by Crippen LogP contribution is 2.32. The van der Waals surface area contributed by atoms with Gasteiger partial charge in [0.1, 0.15) is 16.6 Å². The highest BCUT2D eigenvalue weighted by Gasteiger charge is 2.26. The molecule has 1 aliphatic rings. The molecule has 1 aromatic heterocycles. The third-order valence-corrected chi connectivity index (χ3v) is 5.49. The molecule has 0 saturated carbocycles. The van der Waals surface area contributed by atoms with Crippen LogP contribution in [0.3, 0.4) is 0 Å². The Hall–Kier alpha value is -2.60. The summed E-state index contributed by atoms with van der Waals surface area (Å²) in [5.74, 6) is -1.51. The minimum absolute atomic E-state index is 0.252. The highest BCUT2D eigenvalue weighted by atomic mass is 32.1. The van der Waals surface area contributed by atoms with Gasteiger partial charge in [-0.05, 0) is 38.0 Å². The number of hydrogen-bond donors (Lipinski definition) is 0. The molecular weight excluding hydrogens is 354 g/mol. The first-order valence-corrected chi connectivity index (χ1v) is 9.23. The minimum Gasteiger partial charge on any atom is -0.308 e. The second-order valence-electron chi connectivity index (χ2n) is 6.32. The first-order valence-electron chi connectivity index (χ1n) is 8.35. The third kappa shape index (κ3) is 3.01. The Balaban J connectivity index is 1.65. The van der Waals surface area contributed by atoms with E-state index in [1.165, 1.54) is 11.0 Å². The molecule has 4 rings (SSSR count). The van der Waals surface area contributed by atoms with Crippen molar-refractivity contribution >= 4 is 22.9 Å². The van der Waals surface area contributed by atoms with Crippen LogP contribution < -0.4 is 4.90 Å². The summed E-state index contributed by atoms with van der Waals surface area (Å²) in [5.41, 5.74) is 3.12. The normalized spacial score (nSPS) is 13.6. The van der Waals surface area contributed by atoms with E-state index in [0.717, 1.165) is 22.3 Å². The van der Waals surface area contributed by atoms with Crippen molar-refractivity contribution in [3.8, 4) is 10.6 Å². The monoisotopic (exact) mass is 370 g/mol. The smallest absolute Gasteiger partial charge is 0.258 e. The molecule has 26 heavy (non-hydrogen) atoms. The second-order valence-corrected chi connectivity index (χ2v) is 7.18. The van der Waals surface area contributed by atoms with Crippen molar-refractivity contribution in [2.24, 2.45) is 0 Å². The van der Waals surface area contributed by atoms with Gasteiger partial charge in [0.15, 0.2) is 0 Å². The quantitative estimate of drug-likeness (QED) is 0.637. The zero-order chi connectivity index (χ0) is 18.3. The van der Waals surface area contributed by atoms with Gasteiger partial charge in [0, 0.05) is 40.4 Å². The van der Waals surface area contributed by atoms with Gasteiger partial charge >= 0.3 is 0 Å². The van der Waals surface area contributed by atoms with Crippen LogP contribution in [0.5, 0.6) is 0 Å². The van der Waals surface area contributed by atoms with E-state index >= 15 is 0 Å². The lowest BCUT2D eigenvalue weighted by atomic mass is 9.99. The number of carbonyl (C=O) groups is 1. The minimum atomic E-state index is -0.671. The fourth-order valence-corrected chi connectivity index (χ4v) is 4.03. The highest BCUT2D eigenvalue weighted by molar-refractivity contribution is 7.13. The topological polar surface area (TPSA) is 33.2 Å². The van der Waals surface area contributed by atoms with E-state index in [-0.39, 0.29) is 5.91 Å². The number of benzene rings is 2. The molecule has 2 aromatic carbocycles. The van der Waals surface area contributed by atoms with E-state index < -0.39 is 11.6 Å². The van der Waals surface area contributed by atoms with Gasteiger partial charge in [-0.25, -0.2) is 13.8 Å². The largest absolute Gasteiger partial charge is 0.308 e. The molecular formula is C20H16F2N2OS. The fourth-order valence-electron chi connectivity index (χ4n) is 3.22. The predicted molar refractivity (Wildman–Crippen MR) is 98.6 cm³/mol. The summed E-state index contributed by atoms with van der Waals surface area (Å²) in [7, 11) is 0. The summed E-state index contributed by atoms with van der Waals surface area (Å²) in [4.78, 5) is 18.8. The summed E-state index contributed by atoms with van der Waals surface area (Å²) in [5, 5.41) is 2.87. The lowest BCUT2D eigenvalue weighted by Gasteiger charge is -2.30. The SMILES string of the molecule is Cc1csc(-c2ccc(C(=O)N3CCCc4c(F)cc(F)cc43)cc2)n1. The number of fused-ring (bicyclic) bond motifs is 1. The van der Waals surface area contributed by atoms with Crippen LogP contribution in [0.25, 0.3) is 10.6 Å². The van der Waals surface area contributed by atoms with Gasteiger partial charge in [-0.15, -0.1) is 11.3 Å². The number of hydrogen-bond acceptors (Lipinski definition) is 3. The van der Waals surface area contributed by atoms with Crippen LogP contribution in [0.4, 0.5) is 14.5 Å². The molecule has 2 heterocycles. The van der Waals surface area contributed by atoms with Gasteiger partial charge in [-0.2, -0.15) is 0 Å². The lowest BCUT2D eigenvalue weighted by Crippen LogP contribution is -2.36. The van der Waals surface area contributed by atoms with Crippen LogP contribution in [-0.2, 0) is 6.42 Å². The first-order chi connectivity index (χ1) is 12.5. The van der Waals surface area contributed by atoms with Gasteiger partial charge in [0.25, 0.3) is 5.91 Å². The van der Waals surface area contributed by atoms with Gasteiger partial charge in [-0.1, -0.05) is 12.1 Å². The molecule has 3 nitrogen and oxygen atoms in total. The molecule has 1 aliphatic heterocycles. The summed E-state index contributed by atoms with van der Waals surface area (Å²) < 4.78 is 27.7. The van der Waals surface area contributed by atoms with Crippen molar-refractivity contribution in [2.45, 2.75) is 19.8 Å². The van der Waals surface area contributed by atoms with Gasteiger partial charge < -0.3 is 4.90 Å². The van der Waals surface area contributed by atoms with Crippen molar-refractivity contribution in [3.63, 3.8) is 0 Å². The van der Waals surface area contributed by atoms with Crippen molar-refractivity contribution < 1.29 is 13.6 Å². The van der Waals surface area contributed by atoms with E-state index in [2.05, 4.69) is 4.98 Å². The molecule has 3 aromatic rings. The Bertz CT molecular complexity index is 982. The van der Waals surface area contributed by atoms with Crippen LogP contribution >= 0.6 is 11.3 Å². The van der Waals surface area contributed by atoms with E-state index in [4.69, 9.17) is 0 Å². The maximum Gasteiger partial charge on any atom is 0.258 e. The Morgan fingerprint density at radius 3 is 2.65 bits per heavy atom. The number of anilines is 1. The average Bonchev–Trinajstić information content (AvgIpc) is 3.07. The van der Waals surface area contributed by atoms with Crippen LogP contribution in [0.1, 0.15) is 28.0 Å². The molecule has 1 amide bonds. The Morgan fingerprint density at radius 2 is 1.96 bits per heavy atom. The molecule has 0 unspecified atom stereocenters. The first kappa shape index (κ1) is 16.8. The van der Waals surface area contributed by atoms with Crippen molar-refractivity contribution in [1.29, 1.82) is 0 Å². The van der Waals surface area contributed by atoms with Crippen molar-refractivity contribution in [3.05, 3.63) is 70.2 Å². The van der Waals surface area contributed by atoms with Gasteiger partial charge in [0.05, 0.1) is 5.69 Å². The predicted octanol–water partition coefficient (Wildman–Crippen LogP) is 4.99. The van der Waals surface area contributed by atoms with Crippen LogP contribution in [0.15, 0.2) is 41.8 Å². The van der Waals surface area contributed by atoms with E-state index in [1.807, 2.05) is 24.4 Å². The number of nitrogens with zero attached hydrogens (tertiary/aromatic N) is 2. The van der Waals surface area contributed by atoms with Crippen LogP contribution in [-0.4, -0.2) is 17.4 Å². The van der Waals surface area contributed by atoms with Crippen molar-refractivity contribution in [2.75, 3.05) is 11.4 Å². The van der Waals surface area contributed by atoms with Crippen LogP contribution in [0, 0.1) is 18.6 Å². The number of aromatic nitrogens is 1. The molecule has 0 fully saturated rings. The number of carbonyl (C=O) groups excluding carboxylic acids is 1. The van der Waals surface area contributed by atoms with Crippen LogP contribution in [0.2, 0.25) is 0 Å². The van der Waals surface area contributed by atoms with E-state index in [1.54, 1.807) is 23.5 Å². The number of halogens is 2. The second kappa shape index (κ2) is 6.61. The molecule has 0 aliphatic carbocycles. The van der Waals surface area contributed by atoms with E-state index in [0.29, 0.717) is 36.2 Å². The summed E-state index contributed by atoms with van der Waals surface area (Å²) in [6.07, 6.45) is 1.16. The molecule has 0 N–H and O–H groups in total. The third-order valence-electron chi connectivity index (χ3n) is 4.48. The number of thiazole rings is 1. The Labute approximate surface area is 153 Å². The maximum absolute atomic E-state index is 14.0. The molecule has 0 atom stereocenters. The molecule has 0 saturated heterocycles. The van der Waals surface area contributed by atoms with Gasteiger partial charge in [0.2, 0.25) is 0 Å². The van der Waals surface area contributed by atoms with Gasteiger partial charge in [-0.3, -0.25) is 4.79 Å². The van der Waals surface area contributed by atoms with Crippen molar-refractivity contribution in [1.82, 2.24) is 4.98 Å². The maximum atomic E-state index is 14.0. The zero-order valence-electron chi connectivity index (χ0n) is 14.1. The molecule has 0 spiro atoms. The molecule has 0 bridgehead atoms. The summed E-state index contributed by atoms with van der Waals surface area (Å²) >= 11 is 1.55. The molecule has 132 valence electrons. The number of rotatable bonds is 2. The summed E-state index contributed by atoms with van der Waals surface area (Å²) in [6, 6.07) is 9.28. The zero-order valence-corrected chi connectivity index (χ0v) is 14.9. The van der Waals surface area contributed by atoms with E-state index in [9.17, 15) is 13.6 Å². The standard InChI is InChI=1S/C20H16F2N2OS/c1-12-11-26-19(23-12)13-4-6-14(7-5-13)20(25)24-8-2-3-16-17(22)9-15(21)10-18(16)24/h4-7,9-11H,2-3,8H2,1H3. The summed E-state index contributed by atoms with van der Waals surface area (Å²) in [6.45, 7) is 2.38. The Kier molecular flexibility index (Phi) is 4.28. The number of aryl methyl sites for hydroxylation is 1. The molecule has 0 radical (unpaired) electrons. The lowest BCUT2D eigenvalue weighted by molar-refractivity contribution is 0.0985. The number of amides is 1. The Morgan fingerprint density at radius 1 is 1.19 bits per heavy atom. The molecule has 6 heteroatoms. The fraction of sp³-hybridized carbons (Fsp3) is 0.200. The average molecular weight is 370 g/mol.